The summed E-state index contributed by atoms with van der Waals surface area (Å²) in [6.45, 7) is 3.25. The molecule has 21 heavy (non-hydrogen) atoms. The molecule has 116 valence electrons. The van der Waals surface area contributed by atoms with Gasteiger partial charge >= 0.3 is 5.97 Å². The van der Waals surface area contributed by atoms with Crippen LogP contribution in [0.15, 0.2) is 24.3 Å². The Balaban J connectivity index is 1.76. The predicted octanol–water partition coefficient (Wildman–Crippen LogP) is 1.25. The Kier molecular flexibility index (Phi) is 5.83. The maximum absolute atomic E-state index is 10.7. The normalized spacial score (nSPS) is 19.2. The molecule has 6 heteroatoms. The number of morpholine rings is 1. The number of nitrogens with zero attached hydrogens (tertiary/aromatic N) is 1. The highest BCUT2D eigenvalue weighted by Gasteiger charge is 2.22. The van der Waals surface area contributed by atoms with Gasteiger partial charge in [-0.15, -0.1) is 0 Å². The largest absolute Gasteiger partial charge is 0.493 e. The van der Waals surface area contributed by atoms with Gasteiger partial charge in [0, 0.05) is 19.6 Å². The van der Waals surface area contributed by atoms with Gasteiger partial charge < -0.3 is 19.3 Å². The van der Waals surface area contributed by atoms with Crippen molar-refractivity contribution in [1.29, 1.82) is 0 Å². The first-order chi connectivity index (χ1) is 10.2. The van der Waals surface area contributed by atoms with Crippen LogP contribution in [-0.2, 0) is 9.53 Å². The minimum Gasteiger partial charge on any atom is -0.493 e. The Morgan fingerprint density at radius 2 is 2.19 bits per heavy atom. The van der Waals surface area contributed by atoms with Crippen LogP contribution >= 0.6 is 0 Å². The van der Waals surface area contributed by atoms with E-state index in [1.165, 1.54) is 0 Å². The molecule has 1 aromatic carbocycles. The average molecular weight is 295 g/mol. The quantitative estimate of drug-likeness (QED) is 0.816. The zero-order valence-corrected chi connectivity index (χ0v) is 12.2. The van der Waals surface area contributed by atoms with Crippen molar-refractivity contribution >= 4 is 5.97 Å². The van der Waals surface area contributed by atoms with Gasteiger partial charge in [-0.25, -0.2) is 0 Å². The number of hydrogen-bond donors (Lipinski definition) is 1. The number of ether oxygens (including phenoxy) is 3. The number of benzene rings is 1. The van der Waals surface area contributed by atoms with E-state index in [1.807, 2.05) is 24.3 Å². The fourth-order valence-corrected chi connectivity index (χ4v) is 2.32. The molecule has 1 aliphatic heterocycles. The summed E-state index contributed by atoms with van der Waals surface area (Å²) in [6.07, 6.45) is -0.188. The fraction of sp³-hybridized carbons (Fsp3) is 0.533. The highest BCUT2D eigenvalue weighted by Crippen LogP contribution is 2.25. The lowest BCUT2D eigenvalue weighted by Crippen LogP contribution is -2.44. The van der Waals surface area contributed by atoms with Crippen LogP contribution in [0.3, 0.4) is 0 Å². The molecule has 0 bridgehead atoms. The second kappa shape index (κ2) is 7.85. The number of aliphatic carboxylic acids is 1. The van der Waals surface area contributed by atoms with Gasteiger partial charge in [-0.05, 0) is 12.1 Å². The predicted molar refractivity (Wildman–Crippen MR) is 76.9 cm³/mol. The van der Waals surface area contributed by atoms with E-state index in [4.69, 9.17) is 19.3 Å². The summed E-state index contributed by atoms with van der Waals surface area (Å²) >= 11 is 0. The molecular weight excluding hydrogens is 274 g/mol. The number of hydrogen-bond acceptors (Lipinski definition) is 5. The van der Waals surface area contributed by atoms with Crippen molar-refractivity contribution in [2.24, 2.45) is 0 Å². The van der Waals surface area contributed by atoms with Crippen LogP contribution in [0.4, 0.5) is 0 Å². The van der Waals surface area contributed by atoms with E-state index in [0.29, 0.717) is 25.5 Å². The Morgan fingerprint density at radius 3 is 2.90 bits per heavy atom. The summed E-state index contributed by atoms with van der Waals surface area (Å²) in [7, 11) is 1.61. The third-order valence-corrected chi connectivity index (χ3v) is 3.36. The molecular formula is C15H21NO5. The van der Waals surface area contributed by atoms with Gasteiger partial charge in [0.2, 0.25) is 0 Å². The molecule has 1 fully saturated rings. The van der Waals surface area contributed by atoms with E-state index in [1.54, 1.807) is 7.11 Å². The lowest BCUT2D eigenvalue weighted by molar-refractivity contribution is -0.142. The fourth-order valence-electron chi connectivity index (χ4n) is 2.32. The van der Waals surface area contributed by atoms with E-state index in [2.05, 4.69) is 4.90 Å². The lowest BCUT2D eigenvalue weighted by Gasteiger charge is -2.32. The first kappa shape index (κ1) is 15.6. The van der Waals surface area contributed by atoms with Gasteiger partial charge in [-0.3, -0.25) is 9.69 Å². The minimum atomic E-state index is -0.827. The van der Waals surface area contributed by atoms with Crippen LogP contribution < -0.4 is 9.47 Å². The van der Waals surface area contributed by atoms with Crippen molar-refractivity contribution < 1.29 is 24.1 Å². The molecule has 2 rings (SSSR count). The summed E-state index contributed by atoms with van der Waals surface area (Å²) in [4.78, 5) is 12.9. The van der Waals surface area contributed by atoms with Gasteiger partial charge in [0.05, 0.1) is 26.2 Å². The zero-order chi connectivity index (χ0) is 15.1. The van der Waals surface area contributed by atoms with Crippen molar-refractivity contribution in [1.82, 2.24) is 4.90 Å². The molecule has 1 N–H and O–H groups in total. The summed E-state index contributed by atoms with van der Waals surface area (Å²) in [5.41, 5.74) is 0. The van der Waals surface area contributed by atoms with Crippen LogP contribution in [0.1, 0.15) is 6.42 Å². The van der Waals surface area contributed by atoms with E-state index in [0.717, 1.165) is 18.8 Å². The third-order valence-electron chi connectivity index (χ3n) is 3.36. The topological polar surface area (TPSA) is 68.2 Å². The van der Waals surface area contributed by atoms with Crippen molar-refractivity contribution in [3.8, 4) is 11.5 Å². The van der Waals surface area contributed by atoms with Crippen LogP contribution in [0.5, 0.6) is 11.5 Å². The highest BCUT2D eigenvalue weighted by atomic mass is 16.5. The second-order valence-electron chi connectivity index (χ2n) is 4.89. The van der Waals surface area contributed by atoms with Crippen LogP contribution in [0.25, 0.3) is 0 Å². The summed E-state index contributed by atoms with van der Waals surface area (Å²) < 4.78 is 16.4. The van der Waals surface area contributed by atoms with Crippen LogP contribution in [-0.4, -0.2) is 62.0 Å². The van der Waals surface area contributed by atoms with Gasteiger partial charge in [0.1, 0.15) is 6.61 Å². The molecule has 1 atom stereocenters. The van der Waals surface area contributed by atoms with Gasteiger partial charge in [0.15, 0.2) is 11.5 Å². The molecule has 1 aromatic rings. The third kappa shape index (κ3) is 4.91. The number of carboxylic acids is 1. The Bertz CT molecular complexity index is 465. The first-order valence-corrected chi connectivity index (χ1v) is 7.00. The van der Waals surface area contributed by atoms with Crippen molar-refractivity contribution in [3.63, 3.8) is 0 Å². The minimum absolute atomic E-state index is 0.0455. The maximum atomic E-state index is 10.7. The van der Waals surface area contributed by atoms with E-state index < -0.39 is 5.97 Å². The first-order valence-electron chi connectivity index (χ1n) is 7.00. The molecule has 6 nitrogen and oxygen atoms in total. The summed E-state index contributed by atoms with van der Waals surface area (Å²) in [6, 6.07) is 7.51. The lowest BCUT2D eigenvalue weighted by atomic mass is 10.2. The molecule has 0 aliphatic carbocycles. The Labute approximate surface area is 124 Å². The number of methoxy groups -OCH3 is 1. The molecule has 0 saturated carbocycles. The SMILES string of the molecule is COc1ccccc1OCCN1CCOC(CC(=O)O)C1. The van der Waals surface area contributed by atoms with Gasteiger partial charge in [0.25, 0.3) is 0 Å². The average Bonchev–Trinajstić information content (AvgIpc) is 2.47. The maximum Gasteiger partial charge on any atom is 0.306 e. The number of rotatable bonds is 7. The number of carboxylic acid groups (broad SMARTS) is 1. The van der Waals surface area contributed by atoms with Crippen LogP contribution in [0.2, 0.25) is 0 Å². The molecule has 0 aromatic heterocycles. The van der Waals surface area contributed by atoms with E-state index in [9.17, 15) is 4.79 Å². The molecule has 0 amide bonds. The monoisotopic (exact) mass is 295 g/mol. The number of carbonyl (C=O) groups is 1. The second-order valence-corrected chi connectivity index (χ2v) is 4.89. The highest BCUT2D eigenvalue weighted by molar-refractivity contribution is 5.67. The zero-order valence-electron chi connectivity index (χ0n) is 12.2. The molecule has 1 unspecified atom stereocenters. The van der Waals surface area contributed by atoms with Crippen molar-refractivity contribution in [2.45, 2.75) is 12.5 Å². The van der Waals surface area contributed by atoms with E-state index in [-0.39, 0.29) is 12.5 Å². The van der Waals surface area contributed by atoms with Gasteiger partial charge in [-0.2, -0.15) is 0 Å². The molecule has 0 radical (unpaired) electrons. The Hall–Kier alpha value is -1.79. The number of para-hydroxylation sites is 2. The molecule has 1 heterocycles. The summed E-state index contributed by atoms with van der Waals surface area (Å²) in [5.74, 6) is 0.602. The molecule has 0 spiro atoms. The molecule has 1 saturated heterocycles. The standard InChI is InChI=1S/C15H21NO5/c1-19-13-4-2-3-5-14(13)21-9-7-16-6-8-20-12(11-16)10-15(17)18/h2-5,12H,6-11H2,1H3,(H,17,18). The van der Waals surface area contributed by atoms with Crippen LogP contribution in [0, 0.1) is 0 Å². The van der Waals surface area contributed by atoms with Crippen molar-refractivity contribution in [2.75, 3.05) is 40.0 Å². The Morgan fingerprint density at radius 1 is 1.43 bits per heavy atom. The van der Waals surface area contributed by atoms with Crippen molar-refractivity contribution in [3.05, 3.63) is 24.3 Å². The van der Waals surface area contributed by atoms with Gasteiger partial charge in [-0.1, -0.05) is 12.1 Å². The summed E-state index contributed by atoms with van der Waals surface area (Å²) in [5, 5.41) is 8.80. The smallest absolute Gasteiger partial charge is 0.306 e. The van der Waals surface area contributed by atoms with E-state index >= 15 is 0 Å². The molecule has 1 aliphatic rings.